The van der Waals surface area contributed by atoms with E-state index in [1.54, 1.807) is 64.3 Å². The van der Waals surface area contributed by atoms with Gasteiger partial charge >= 0.3 is 17.9 Å². The predicted octanol–water partition coefficient (Wildman–Crippen LogP) is -2.75. The molecule has 430 valence electrons. The Kier molecular flexibility index (Phi) is 28.4. The number of amides is 8. The number of nitrogens with one attached hydrogen (secondary N) is 7. The first-order chi connectivity index (χ1) is 36.2. The molecule has 0 bridgehead atoms. The zero-order valence-corrected chi connectivity index (χ0v) is 45.1. The molecule has 1 aromatic rings. The van der Waals surface area contributed by atoms with Gasteiger partial charge in [0, 0.05) is 19.5 Å². The lowest BCUT2D eigenvalue weighted by Gasteiger charge is -2.31. The molecule has 0 spiro atoms. The van der Waals surface area contributed by atoms with E-state index in [9.17, 15) is 73.2 Å². The molecule has 2 rings (SSSR count). The maximum Gasteiger partial charge on any atom is 0.326 e. The summed E-state index contributed by atoms with van der Waals surface area (Å²) >= 11 is 1.34. The Balaban J connectivity index is 2.42. The fourth-order valence-electron chi connectivity index (χ4n) is 8.13. The van der Waals surface area contributed by atoms with Gasteiger partial charge in [-0.15, -0.1) is 0 Å². The van der Waals surface area contributed by atoms with E-state index in [0.717, 1.165) is 12.5 Å². The molecule has 1 aliphatic heterocycles. The molecule has 1 fully saturated rings. The number of aliphatic imine (C=N–C) groups is 1. The van der Waals surface area contributed by atoms with Gasteiger partial charge in [0.2, 0.25) is 47.3 Å². The number of nitrogens with two attached hydrogens (primary N) is 3. The molecule has 1 heterocycles. The minimum Gasteiger partial charge on any atom is -0.481 e. The minimum absolute atomic E-state index is 0.0426. The van der Waals surface area contributed by atoms with Crippen molar-refractivity contribution in [2.75, 3.05) is 25.1 Å². The molecular weight excluding hydrogens is 1030 g/mol. The van der Waals surface area contributed by atoms with E-state index in [1.807, 2.05) is 0 Å². The average Bonchev–Trinajstić information content (AvgIpc) is 3.85. The third-order valence-corrected chi connectivity index (χ3v) is 12.8. The Bertz CT molecular complexity index is 2230. The minimum atomic E-state index is -2.03. The first-order valence-electron chi connectivity index (χ1n) is 25.3. The highest BCUT2D eigenvalue weighted by Crippen LogP contribution is 2.21. The van der Waals surface area contributed by atoms with E-state index in [4.69, 9.17) is 17.2 Å². The van der Waals surface area contributed by atoms with Crippen LogP contribution in [0.25, 0.3) is 0 Å². The quantitative estimate of drug-likeness (QED) is 0.0189. The highest BCUT2D eigenvalue weighted by atomic mass is 32.2. The van der Waals surface area contributed by atoms with Crippen LogP contribution in [0, 0.1) is 11.8 Å². The number of carbonyl (C=O) groups excluding carboxylic acids is 8. The first kappa shape index (κ1) is 66.0. The average molecular weight is 1110 g/mol. The molecule has 0 aromatic heterocycles. The second-order valence-electron chi connectivity index (χ2n) is 19.5. The van der Waals surface area contributed by atoms with Gasteiger partial charge in [-0.05, 0) is 87.7 Å². The number of aliphatic hydroxyl groups excluding tert-OH is 1. The molecule has 0 saturated carbocycles. The summed E-state index contributed by atoms with van der Waals surface area (Å²) in [6.45, 7) is 7.91. The number of benzene rings is 1. The third kappa shape index (κ3) is 23.4. The lowest BCUT2D eigenvalue weighted by Crippen LogP contribution is -2.62. The van der Waals surface area contributed by atoms with Crippen LogP contribution < -0.4 is 54.4 Å². The van der Waals surface area contributed by atoms with Crippen LogP contribution >= 0.6 is 11.8 Å². The summed E-state index contributed by atoms with van der Waals surface area (Å²) in [6.07, 6.45) is -1.79. The van der Waals surface area contributed by atoms with Crippen LogP contribution in [0.3, 0.4) is 0 Å². The Morgan fingerprint density at radius 3 is 1.78 bits per heavy atom. The van der Waals surface area contributed by atoms with Crippen molar-refractivity contribution < 1.29 is 73.2 Å². The van der Waals surface area contributed by atoms with E-state index in [2.05, 4.69) is 42.2 Å². The van der Waals surface area contributed by atoms with Crippen molar-refractivity contribution >= 4 is 82.9 Å². The van der Waals surface area contributed by atoms with Gasteiger partial charge in [-0.25, -0.2) is 4.79 Å². The van der Waals surface area contributed by atoms with E-state index in [-0.39, 0.29) is 63.5 Å². The molecule has 17 N–H and O–H groups in total. The largest absolute Gasteiger partial charge is 0.481 e. The number of hydrogen-bond acceptors (Lipinski definition) is 15. The topological polar surface area (TPSA) is 447 Å². The SMILES string of the molecule is CSCC[C@H](NC(=O)[C@H](CCCN=C(N)N)NC(=O)[C@H](CCC(=O)O)NC(=O)[C@H](CC(=O)O)NC(=O)[C@@H](NC(=O)[C@H](CC(C)C)NC(=O)[C@@H](N)Cc1ccccc1)[C@@H](C)O)C(=O)N1CCC[C@H]1C(=O)N[C@H](C(=O)O)C(C)C. The molecule has 8 amide bonds. The van der Waals surface area contributed by atoms with Crippen molar-refractivity contribution in [3.05, 3.63) is 35.9 Å². The number of aliphatic carboxylic acids is 3. The van der Waals surface area contributed by atoms with Gasteiger partial charge in [-0.1, -0.05) is 58.0 Å². The summed E-state index contributed by atoms with van der Waals surface area (Å²) < 4.78 is 0. The Morgan fingerprint density at radius 1 is 0.688 bits per heavy atom. The van der Waals surface area contributed by atoms with Crippen LogP contribution in [0.2, 0.25) is 0 Å². The number of thioether (sulfide) groups is 1. The number of carbonyl (C=O) groups is 11. The zero-order chi connectivity index (χ0) is 58.1. The molecule has 10 atom stereocenters. The van der Waals surface area contributed by atoms with Crippen molar-refractivity contribution in [3.63, 3.8) is 0 Å². The molecule has 27 nitrogen and oxygen atoms in total. The normalized spacial score (nSPS) is 16.6. The van der Waals surface area contributed by atoms with Gasteiger partial charge < -0.3 is 79.7 Å². The molecule has 0 unspecified atom stereocenters. The van der Waals surface area contributed by atoms with Crippen LogP contribution in [0.5, 0.6) is 0 Å². The Hall–Kier alpha value is -7.07. The van der Waals surface area contributed by atoms with Crippen molar-refractivity contribution in [1.82, 2.24) is 42.1 Å². The summed E-state index contributed by atoms with van der Waals surface area (Å²) in [5, 5.41) is 56.7. The van der Waals surface area contributed by atoms with Crippen molar-refractivity contribution in [1.29, 1.82) is 0 Å². The number of rotatable bonds is 34. The van der Waals surface area contributed by atoms with E-state index in [1.165, 1.54) is 16.7 Å². The van der Waals surface area contributed by atoms with Gasteiger partial charge in [-0.3, -0.25) is 52.9 Å². The fraction of sp³-hybridized carbons (Fsp3) is 0.633. The smallest absolute Gasteiger partial charge is 0.326 e. The van der Waals surface area contributed by atoms with E-state index < -0.39 is 151 Å². The second-order valence-corrected chi connectivity index (χ2v) is 20.5. The number of guanidine groups is 1. The molecule has 77 heavy (non-hydrogen) atoms. The van der Waals surface area contributed by atoms with Gasteiger partial charge in [0.1, 0.15) is 48.3 Å². The van der Waals surface area contributed by atoms with Gasteiger partial charge in [0.05, 0.1) is 18.6 Å². The van der Waals surface area contributed by atoms with Crippen LogP contribution in [-0.2, 0) is 59.2 Å². The van der Waals surface area contributed by atoms with E-state index >= 15 is 0 Å². The van der Waals surface area contributed by atoms with Crippen molar-refractivity contribution in [2.45, 2.75) is 159 Å². The van der Waals surface area contributed by atoms with Gasteiger partial charge in [0.15, 0.2) is 5.96 Å². The first-order valence-corrected chi connectivity index (χ1v) is 26.7. The van der Waals surface area contributed by atoms with Gasteiger partial charge in [-0.2, -0.15) is 11.8 Å². The molecular formula is C49H78N12O15S. The van der Waals surface area contributed by atoms with E-state index in [0.29, 0.717) is 12.2 Å². The third-order valence-electron chi connectivity index (χ3n) is 12.2. The lowest BCUT2D eigenvalue weighted by atomic mass is 10.0. The number of carboxylic acid groups (broad SMARTS) is 3. The molecule has 28 heteroatoms. The van der Waals surface area contributed by atoms with Crippen LogP contribution in [-0.4, -0.2) is 182 Å². The zero-order valence-electron chi connectivity index (χ0n) is 44.3. The summed E-state index contributed by atoms with van der Waals surface area (Å²) in [5.74, 6) is -12.6. The van der Waals surface area contributed by atoms with Crippen LogP contribution in [0.1, 0.15) is 98.0 Å². The highest BCUT2D eigenvalue weighted by molar-refractivity contribution is 7.98. The number of nitrogens with zero attached hydrogens (tertiary/aromatic N) is 2. The monoisotopic (exact) mass is 1110 g/mol. The summed E-state index contributed by atoms with van der Waals surface area (Å²) in [6, 6.07) is -4.31. The fourth-order valence-corrected chi connectivity index (χ4v) is 8.60. The number of carboxylic acids is 3. The lowest BCUT2D eigenvalue weighted by molar-refractivity contribution is -0.146. The van der Waals surface area contributed by atoms with Crippen LogP contribution in [0.15, 0.2) is 35.3 Å². The molecule has 0 aliphatic carbocycles. The van der Waals surface area contributed by atoms with Crippen molar-refractivity contribution in [3.8, 4) is 0 Å². The van der Waals surface area contributed by atoms with Gasteiger partial charge in [0.25, 0.3) is 0 Å². The van der Waals surface area contributed by atoms with Crippen LogP contribution in [0.4, 0.5) is 0 Å². The number of aliphatic hydroxyl groups is 1. The highest BCUT2D eigenvalue weighted by Gasteiger charge is 2.41. The maximum absolute atomic E-state index is 14.2. The predicted molar refractivity (Wildman–Crippen MR) is 282 cm³/mol. The standard InChI is InChI=1S/C49H78N12O15S/c1-25(2)22-33(57-40(67)29(50)23-28-12-8-7-9-13-28)44(71)60-39(27(5)62)46(73)58-34(24-37(65)66)43(70)55-31(16-17-36(63)64)42(69)54-30(14-10-19-53-49(51)52)41(68)56-32(18-21-77-6)47(74)61-20-11-15-35(61)45(72)59-38(26(3)4)48(75)76/h7-9,12-13,25-27,29-35,38-39,62H,10-11,14-24,50H2,1-6H3,(H,54,69)(H,55,70)(H,56,68)(H,57,67)(H,58,73)(H,59,72)(H,60,71)(H,63,64)(H,65,66)(H,75,76)(H4,51,52,53)/t27-,29+,30+,31+,32+,33+,34+,35+,38+,39+/m1/s1. The molecule has 1 saturated heterocycles. The number of likely N-dealkylation sites (tertiary alicyclic amines) is 1. The maximum atomic E-state index is 14.2. The van der Waals surface area contributed by atoms with Crippen molar-refractivity contribution in [2.24, 2.45) is 34.0 Å². The Labute approximate surface area is 451 Å². The molecule has 0 radical (unpaired) electrons. The molecule has 1 aromatic carbocycles. The number of hydrogen-bond donors (Lipinski definition) is 14. The summed E-state index contributed by atoms with van der Waals surface area (Å²) in [4.78, 5) is 151. The Morgan fingerprint density at radius 2 is 1.25 bits per heavy atom. The summed E-state index contributed by atoms with van der Waals surface area (Å²) in [7, 11) is 0. The summed E-state index contributed by atoms with van der Waals surface area (Å²) in [5.41, 5.74) is 17.8. The molecule has 1 aliphatic rings. The second kappa shape index (κ2) is 33.2.